The SMILES string of the molecule is CC(C)(C)c1ccc2cccc(-c3c4cc5c(cc4c(-c4cccc6ccc(C(C)(C)C)cc46)c4c6c7c(c34)CCC3=C7C4C(=CC=CC4C=C3)C=6)c3cccc4c6c(cc5c43)CCC=C6)c2c1. The lowest BCUT2D eigenvalue weighted by molar-refractivity contribution is 0.591. The molecule has 2 atom stereocenters. The smallest absolute Gasteiger partial charge is 0.0196 e. The molecule has 0 nitrogen and oxygen atoms in total. The molecule has 0 aromatic heterocycles. The van der Waals surface area contributed by atoms with Crippen molar-refractivity contribution >= 4 is 93.1 Å². The van der Waals surface area contributed by atoms with Crippen molar-refractivity contribution in [2.75, 3.05) is 0 Å². The number of hydrogen-bond acceptors (Lipinski definition) is 0. The highest BCUT2D eigenvalue weighted by molar-refractivity contribution is 6.36. The van der Waals surface area contributed by atoms with Gasteiger partial charge >= 0.3 is 0 Å². The highest BCUT2D eigenvalue weighted by Crippen LogP contribution is 2.56. The summed E-state index contributed by atoms with van der Waals surface area (Å²) in [4.78, 5) is 0. The Kier molecular flexibility index (Phi) is 7.67. The maximum absolute atomic E-state index is 2.67. The fraction of sp³-hybridized carbons (Fsp3) is 0.206. The van der Waals surface area contributed by atoms with Crippen molar-refractivity contribution in [2.45, 2.75) is 78.1 Å². The molecule has 0 heteroatoms. The molecule has 5 aliphatic carbocycles. The summed E-state index contributed by atoms with van der Waals surface area (Å²) >= 11 is 0. The van der Waals surface area contributed by atoms with E-state index in [-0.39, 0.29) is 10.8 Å². The van der Waals surface area contributed by atoms with Gasteiger partial charge in [-0.15, -0.1) is 0 Å². The summed E-state index contributed by atoms with van der Waals surface area (Å²) in [6, 6.07) is 43.7. The maximum Gasteiger partial charge on any atom is 0.0196 e. The zero-order valence-corrected chi connectivity index (χ0v) is 40.0. The summed E-state index contributed by atoms with van der Waals surface area (Å²) in [5, 5.41) is 20.6. The van der Waals surface area contributed by atoms with E-state index in [0.29, 0.717) is 11.8 Å². The minimum absolute atomic E-state index is 0.00549. The van der Waals surface area contributed by atoms with E-state index >= 15 is 0 Å². The Labute approximate surface area is 398 Å². The molecule has 2 unspecified atom stereocenters. The fourth-order valence-electron chi connectivity index (χ4n) is 13.9. The molecule has 0 spiro atoms. The van der Waals surface area contributed by atoms with Crippen LogP contribution < -0.4 is 5.22 Å². The predicted octanol–water partition coefficient (Wildman–Crippen LogP) is 17.6. The molecule has 0 aliphatic heterocycles. The molecule has 0 N–H and O–H groups in total. The van der Waals surface area contributed by atoms with E-state index in [0.717, 1.165) is 25.7 Å². The molecule has 0 amide bonds. The molecule has 10 aromatic carbocycles. The zero-order valence-electron chi connectivity index (χ0n) is 40.0. The second-order valence-electron chi connectivity index (χ2n) is 22.9. The summed E-state index contributed by atoms with van der Waals surface area (Å²) in [6.45, 7) is 14.1. The zero-order chi connectivity index (χ0) is 45.5. The Balaban J connectivity index is 1.22. The van der Waals surface area contributed by atoms with E-state index < -0.39 is 0 Å². The van der Waals surface area contributed by atoms with Crippen LogP contribution >= 0.6 is 0 Å². The molecule has 15 rings (SSSR count). The van der Waals surface area contributed by atoms with Gasteiger partial charge in [-0.05, 0) is 214 Å². The Morgan fingerprint density at radius 3 is 1.87 bits per heavy atom. The quantitative estimate of drug-likeness (QED) is 0.162. The topological polar surface area (TPSA) is 0 Å². The maximum atomic E-state index is 2.67. The van der Waals surface area contributed by atoms with E-state index in [4.69, 9.17) is 0 Å². The van der Waals surface area contributed by atoms with Gasteiger partial charge in [-0.1, -0.05) is 175 Å². The van der Waals surface area contributed by atoms with E-state index in [9.17, 15) is 0 Å². The van der Waals surface area contributed by atoms with Crippen molar-refractivity contribution in [1.29, 1.82) is 0 Å². The average Bonchev–Trinajstić information content (AvgIpc) is 3.84. The lowest BCUT2D eigenvalue weighted by Gasteiger charge is -2.38. The molecule has 0 saturated heterocycles. The molecule has 0 saturated carbocycles. The number of fused-ring (bicyclic) bond motifs is 11. The van der Waals surface area contributed by atoms with Crippen LogP contribution in [0.5, 0.6) is 0 Å². The molecule has 5 aliphatic rings. The number of aryl methyl sites for hydroxylation is 2. The molecule has 68 heavy (non-hydrogen) atoms. The number of rotatable bonds is 2. The Morgan fingerprint density at radius 1 is 0.500 bits per heavy atom. The first-order valence-electron chi connectivity index (χ1n) is 25.3. The molecule has 0 bridgehead atoms. The van der Waals surface area contributed by atoms with E-state index in [1.165, 1.54) is 136 Å². The van der Waals surface area contributed by atoms with Crippen molar-refractivity contribution < 1.29 is 0 Å². The Morgan fingerprint density at radius 2 is 1.16 bits per heavy atom. The van der Waals surface area contributed by atoms with Gasteiger partial charge < -0.3 is 0 Å². The van der Waals surface area contributed by atoms with Crippen LogP contribution in [0.1, 0.15) is 87.8 Å². The van der Waals surface area contributed by atoms with Crippen LogP contribution in [-0.2, 0) is 23.7 Å². The summed E-state index contributed by atoms with van der Waals surface area (Å²) in [5.41, 5.74) is 18.8. The summed E-state index contributed by atoms with van der Waals surface area (Å²) in [6.07, 6.45) is 23.8. The van der Waals surface area contributed by atoms with Gasteiger partial charge in [0.25, 0.3) is 0 Å². The molecule has 10 aromatic rings. The van der Waals surface area contributed by atoms with Crippen molar-refractivity contribution in [2.24, 2.45) is 11.8 Å². The van der Waals surface area contributed by atoms with Gasteiger partial charge in [-0.25, -0.2) is 0 Å². The van der Waals surface area contributed by atoms with Crippen molar-refractivity contribution in [1.82, 2.24) is 0 Å². The van der Waals surface area contributed by atoms with Gasteiger partial charge in [0.05, 0.1) is 0 Å². The molecule has 0 fully saturated rings. The van der Waals surface area contributed by atoms with Gasteiger partial charge in [-0.2, -0.15) is 0 Å². The molecule has 0 radical (unpaired) electrons. The highest BCUT2D eigenvalue weighted by Gasteiger charge is 2.40. The van der Waals surface area contributed by atoms with Crippen LogP contribution in [-0.4, -0.2) is 0 Å². The van der Waals surface area contributed by atoms with Gasteiger partial charge in [0.1, 0.15) is 0 Å². The lowest BCUT2D eigenvalue weighted by Crippen LogP contribution is -2.30. The predicted molar refractivity (Wildman–Crippen MR) is 294 cm³/mol. The minimum Gasteiger partial charge on any atom is -0.0836 e. The second-order valence-corrected chi connectivity index (χ2v) is 22.9. The molecular formula is C68H54. The van der Waals surface area contributed by atoms with Crippen LogP contribution in [0.15, 0.2) is 157 Å². The van der Waals surface area contributed by atoms with E-state index in [2.05, 4.69) is 199 Å². The fourth-order valence-corrected chi connectivity index (χ4v) is 13.9. The van der Waals surface area contributed by atoms with E-state index in [1.54, 1.807) is 16.7 Å². The third-order valence-electron chi connectivity index (χ3n) is 17.1. The van der Waals surface area contributed by atoms with Gasteiger partial charge in [0, 0.05) is 11.8 Å². The summed E-state index contributed by atoms with van der Waals surface area (Å²) < 4.78 is 0. The van der Waals surface area contributed by atoms with Crippen LogP contribution in [0, 0.1) is 11.8 Å². The first-order valence-corrected chi connectivity index (χ1v) is 25.3. The normalized spacial score (nSPS) is 18.5. The second kappa shape index (κ2) is 13.4. The summed E-state index contributed by atoms with van der Waals surface area (Å²) in [7, 11) is 0. The Hall–Kier alpha value is -7.02. The Bertz CT molecular complexity index is 4190. The van der Waals surface area contributed by atoms with Gasteiger partial charge in [0.2, 0.25) is 0 Å². The van der Waals surface area contributed by atoms with Crippen LogP contribution in [0.4, 0.5) is 0 Å². The van der Waals surface area contributed by atoms with Gasteiger partial charge in [0.15, 0.2) is 0 Å². The standard InChI is InChI=1S/C68H54/c1-67(2,3)43-28-25-37-14-10-19-47(51(37)33-43)62-57-36-54-53(49-22-12-21-46-45-18-8-7-13-41(45)31-55(54)61(46)49)35-56(57)63(48-20-11-15-38-26-29-44(34-52(38)48)68(4,5)6)66-58-32-42-17-9-16-39-23-24-40-27-30-50(65(62)66)64(58)60(40)59(39)42/h8-12,14-26,28-29,31-36,39,59H,7,13,27,30H2,1-6H3. The third kappa shape index (κ3) is 5.16. The highest BCUT2D eigenvalue weighted by atomic mass is 14.4. The number of hydrogen-bond donors (Lipinski definition) is 0. The van der Waals surface area contributed by atoms with E-state index in [1.807, 2.05) is 0 Å². The lowest BCUT2D eigenvalue weighted by atomic mass is 9.65. The largest absolute Gasteiger partial charge is 0.0836 e. The van der Waals surface area contributed by atoms with Crippen LogP contribution in [0.25, 0.3) is 115 Å². The first kappa shape index (κ1) is 39.0. The van der Waals surface area contributed by atoms with Crippen LogP contribution in [0.3, 0.4) is 0 Å². The van der Waals surface area contributed by atoms with Crippen molar-refractivity contribution in [3.63, 3.8) is 0 Å². The minimum atomic E-state index is 0.00549. The first-order chi connectivity index (χ1) is 33.0. The molecule has 326 valence electrons. The van der Waals surface area contributed by atoms with Gasteiger partial charge in [-0.3, -0.25) is 0 Å². The van der Waals surface area contributed by atoms with Crippen LogP contribution in [0.2, 0.25) is 0 Å². The monoisotopic (exact) mass is 870 g/mol. The molecular weight excluding hydrogens is 817 g/mol. The van der Waals surface area contributed by atoms with Crippen molar-refractivity contribution in [3.8, 4) is 22.3 Å². The average molecular weight is 871 g/mol. The third-order valence-corrected chi connectivity index (χ3v) is 17.1. The van der Waals surface area contributed by atoms with Crippen molar-refractivity contribution in [3.05, 3.63) is 195 Å². The number of allylic oxidation sites excluding steroid dienone is 9. The summed E-state index contributed by atoms with van der Waals surface area (Å²) in [5.74, 6) is 0.750. The number of benzene rings is 8. The molecule has 0 heterocycles.